The molecule has 146 valence electrons. The lowest BCUT2D eigenvalue weighted by molar-refractivity contribution is -0.114. The normalized spacial score (nSPS) is 10.8. The summed E-state index contributed by atoms with van der Waals surface area (Å²) in [7, 11) is 0. The van der Waals surface area contributed by atoms with Crippen molar-refractivity contribution in [1.29, 1.82) is 0 Å². The SMILES string of the molecule is CC(=O)Nc1nc(CSc2nnc(-c3ccc(Cl)cc3)n2-c2ccccc2)cs1. The molecule has 1 N–H and O–H groups in total. The lowest BCUT2D eigenvalue weighted by atomic mass is 10.2. The second kappa shape index (κ2) is 8.77. The molecule has 0 bridgehead atoms. The number of thiazole rings is 1. The number of anilines is 1. The largest absolute Gasteiger partial charge is 0.302 e. The minimum Gasteiger partial charge on any atom is -0.302 e. The monoisotopic (exact) mass is 441 g/mol. The third-order valence-corrected chi connectivity index (χ3v) is 5.96. The van der Waals surface area contributed by atoms with Gasteiger partial charge in [0.1, 0.15) is 0 Å². The molecule has 29 heavy (non-hydrogen) atoms. The van der Waals surface area contributed by atoms with Crippen LogP contribution in [-0.4, -0.2) is 25.7 Å². The summed E-state index contributed by atoms with van der Waals surface area (Å²) < 4.78 is 2.02. The van der Waals surface area contributed by atoms with Crippen LogP contribution in [0, 0.1) is 0 Å². The second-order valence-electron chi connectivity index (χ2n) is 6.10. The van der Waals surface area contributed by atoms with E-state index >= 15 is 0 Å². The Morgan fingerprint density at radius 3 is 2.62 bits per heavy atom. The molecule has 0 atom stereocenters. The van der Waals surface area contributed by atoms with Gasteiger partial charge in [-0.2, -0.15) is 0 Å². The highest BCUT2D eigenvalue weighted by Gasteiger charge is 2.17. The van der Waals surface area contributed by atoms with E-state index in [9.17, 15) is 4.79 Å². The molecule has 4 rings (SSSR count). The van der Waals surface area contributed by atoms with Crippen molar-refractivity contribution in [2.45, 2.75) is 17.8 Å². The molecule has 0 saturated carbocycles. The van der Waals surface area contributed by atoms with Gasteiger partial charge in [0.2, 0.25) is 5.91 Å². The summed E-state index contributed by atoms with van der Waals surface area (Å²) in [6.45, 7) is 1.47. The van der Waals surface area contributed by atoms with Gasteiger partial charge in [0.25, 0.3) is 0 Å². The van der Waals surface area contributed by atoms with Crippen LogP contribution in [0.25, 0.3) is 17.1 Å². The summed E-state index contributed by atoms with van der Waals surface area (Å²) in [5.41, 5.74) is 2.78. The van der Waals surface area contributed by atoms with Crippen LogP contribution in [0.1, 0.15) is 12.6 Å². The summed E-state index contributed by atoms with van der Waals surface area (Å²) in [4.78, 5) is 15.6. The van der Waals surface area contributed by atoms with Crippen LogP contribution < -0.4 is 5.32 Å². The van der Waals surface area contributed by atoms with Crippen molar-refractivity contribution in [3.8, 4) is 17.1 Å². The average Bonchev–Trinajstić information content (AvgIpc) is 3.34. The summed E-state index contributed by atoms with van der Waals surface area (Å²) in [6.07, 6.45) is 0. The van der Waals surface area contributed by atoms with E-state index in [2.05, 4.69) is 20.5 Å². The first kappa shape index (κ1) is 19.6. The summed E-state index contributed by atoms with van der Waals surface area (Å²) >= 11 is 8.98. The molecule has 0 saturated heterocycles. The van der Waals surface area contributed by atoms with Crippen molar-refractivity contribution < 1.29 is 4.79 Å². The Labute approximate surface area is 181 Å². The molecule has 1 amide bonds. The number of aromatic nitrogens is 4. The number of nitrogens with one attached hydrogen (secondary N) is 1. The van der Waals surface area contributed by atoms with Gasteiger partial charge >= 0.3 is 0 Å². The van der Waals surface area contributed by atoms with E-state index in [0.29, 0.717) is 15.9 Å². The number of carbonyl (C=O) groups excluding carboxylic acids is 1. The predicted octanol–water partition coefficient (Wildman–Crippen LogP) is 5.29. The molecule has 0 aliphatic heterocycles. The number of thioether (sulfide) groups is 1. The van der Waals surface area contributed by atoms with Gasteiger partial charge < -0.3 is 5.32 Å². The maximum Gasteiger partial charge on any atom is 0.223 e. The van der Waals surface area contributed by atoms with Gasteiger partial charge in [-0.3, -0.25) is 9.36 Å². The molecule has 0 aliphatic rings. The lowest BCUT2D eigenvalue weighted by Crippen LogP contribution is -2.05. The quantitative estimate of drug-likeness (QED) is 0.411. The number of benzene rings is 2. The zero-order valence-electron chi connectivity index (χ0n) is 15.4. The number of hydrogen-bond acceptors (Lipinski definition) is 6. The number of hydrogen-bond donors (Lipinski definition) is 1. The Morgan fingerprint density at radius 2 is 1.90 bits per heavy atom. The highest BCUT2D eigenvalue weighted by atomic mass is 35.5. The third-order valence-electron chi connectivity index (χ3n) is 3.93. The molecule has 6 nitrogen and oxygen atoms in total. The minimum absolute atomic E-state index is 0.130. The van der Waals surface area contributed by atoms with Crippen LogP contribution in [0.2, 0.25) is 5.02 Å². The summed E-state index contributed by atoms with van der Waals surface area (Å²) in [5, 5.41) is 15.5. The first-order chi connectivity index (χ1) is 14.1. The number of para-hydroxylation sites is 1. The van der Waals surface area contributed by atoms with E-state index in [1.807, 2.05) is 64.5 Å². The van der Waals surface area contributed by atoms with Gasteiger partial charge in [-0.1, -0.05) is 41.6 Å². The Morgan fingerprint density at radius 1 is 1.14 bits per heavy atom. The molecule has 0 radical (unpaired) electrons. The molecule has 0 unspecified atom stereocenters. The van der Waals surface area contributed by atoms with Crippen molar-refractivity contribution in [3.63, 3.8) is 0 Å². The highest BCUT2D eigenvalue weighted by molar-refractivity contribution is 7.98. The number of halogens is 1. The standard InChI is InChI=1S/C20H16ClN5OS2/c1-13(27)22-19-23-16(11-28-19)12-29-20-25-24-18(14-7-9-15(21)10-8-14)26(20)17-5-3-2-4-6-17/h2-11H,12H2,1H3,(H,22,23,27). The van der Waals surface area contributed by atoms with E-state index in [0.717, 1.165) is 27.9 Å². The van der Waals surface area contributed by atoms with Crippen LogP contribution in [-0.2, 0) is 10.5 Å². The molecule has 2 heterocycles. The summed E-state index contributed by atoms with van der Waals surface area (Å²) in [5.74, 6) is 1.23. The lowest BCUT2D eigenvalue weighted by Gasteiger charge is -2.10. The Hall–Kier alpha value is -2.68. The molecule has 0 fully saturated rings. The fourth-order valence-corrected chi connectivity index (χ4v) is 4.51. The van der Waals surface area contributed by atoms with Crippen LogP contribution in [0.15, 0.2) is 65.1 Å². The fraction of sp³-hybridized carbons (Fsp3) is 0.100. The molecular formula is C20H16ClN5OS2. The van der Waals surface area contributed by atoms with Gasteiger partial charge in [-0.15, -0.1) is 21.5 Å². The maximum atomic E-state index is 11.2. The Kier molecular flexibility index (Phi) is 5.94. The van der Waals surface area contributed by atoms with E-state index in [1.165, 1.54) is 18.3 Å². The molecule has 2 aromatic carbocycles. The highest BCUT2D eigenvalue weighted by Crippen LogP contribution is 2.30. The minimum atomic E-state index is -0.130. The van der Waals surface area contributed by atoms with E-state index in [1.54, 1.807) is 11.8 Å². The van der Waals surface area contributed by atoms with Crippen molar-refractivity contribution >= 4 is 45.7 Å². The average molecular weight is 442 g/mol. The zero-order valence-corrected chi connectivity index (χ0v) is 17.8. The van der Waals surface area contributed by atoms with E-state index < -0.39 is 0 Å². The first-order valence-electron chi connectivity index (χ1n) is 8.72. The second-order valence-corrected chi connectivity index (χ2v) is 8.33. The maximum absolute atomic E-state index is 11.2. The zero-order chi connectivity index (χ0) is 20.2. The Balaban J connectivity index is 1.64. The van der Waals surface area contributed by atoms with Gasteiger partial charge in [0.05, 0.1) is 5.69 Å². The van der Waals surface area contributed by atoms with Crippen molar-refractivity contribution in [2.75, 3.05) is 5.32 Å². The van der Waals surface area contributed by atoms with Crippen LogP contribution >= 0.6 is 34.7 Å². The molecule has 0 spiro atoms. The number of carbonyl (C=O) groups is 1. The number of nitrogens with zero attached hydrogens (tertiary/aromatic N) is 4. The van der Waals surface area contributed by atoms with E-state index in [-0.39, 0.29) is 5.91 Å². The topological polar surface area (TPSA) is 72.7 Å². The first-order valence-corrected chi connectivity index (χ1v) is 11.0. The fourth-order valence-electron chi connectivity index (χ4n) is 2.68. The number of amides is 1. The van der Waals surface area contributed by atoms with Gasteiger partial charge in [0, 0.05) is 34.3 Å². The predicted molar refractivity (Wildman–Crippen MR) is 118 cm³/mol. The molecular weight excluding hydrogens is 426 g/mol. The number of rotatable bonds is 6. The van der Waals surface area contributed by atoms with Crippen molar-refractivity contribution in [1.82, 2.24) is 19.7 Å². The van der Waals surface area contributed by atoms with Crippen molar-refractivity contribution in [3.05, 3.63) is 70.7 Å². The van der Waals surface area contributed by atoms with Crippen LogP contribution in [0.4, 0.5) is 5.13 Å². The van der Waals surface area contributed by atoms with Gasteiger partial charge in [-0.05, 0) is 36.4 Å². The van der Waals surface area contributed by atoms with E-state index in [4.69, 9.17) is 11.6 Å². The molecule has 9 heteroatoms. The molecule has 4 aromatic rings. The smallest absolute Gasteiger partial charge is 0.223 e. The molecule has 2 aromatic heterocycles. The van der Waals surface area contributed by atoms with Crippen molar-refractivity contribution in [2.24, 2.45) is 0 Å². The van der Waals surface area contributed by atoms with Crippen LogP contribution in [0.5, 0.6) is 0 Å². The van der Waals surface area contributed by atoms with Gasteiger partial charge in [0.15, 0.2) is 16.1 Å². The van der Waals surface area contributed by atoms with Crippen LogP contribution in [0.3, 0.4) is 0 Å². The third kappa shape index (κ3) is 4.67. The van der Waals surface area contributed by atoms with Gasteiger partial charge in [-0.25, -0.2) is 4.98 Å². The summed E-state index contributed by atoms with van der Waals surface area (Å²) in [6, 6.07) is 17.5. The Bertz CT molecular complexity index is 1130. The molecule has 0 aliphatic carbocycles.